The van der Waals surface area contributed by atoms with Gasteiger partial charge in [-0.25, -0.2) is 4.98 Å². The SMILES string of the molecule is Clc1cc2cc3c(cc2nc1N1CCOCC1)OCO3. The molecule has 4 rings (SSSR count). The molecule has 104 valence electrons. The summed E-state index contributed by atoms with van der Waals surface area (Å²) in [4.78, 5) is 6.83. The maximum Gasteiger partial charge on any atom is 0.231 e. The lowest BCUT2D eigenvalue weighted by Crippen LogP contribution is -2.36. The van der Waals surface area contributed by atoms with Crippen LogP contribution in [0.1, 0.15) is 0 Å². The lowest BCUT2D eigenvalue weighted by molar-refractivity contribution is 0.122. The predicted octanol–water partition coefficient (Wildman–Crippen LogP) is 2.45. The van der Waals surface area contributed by atoms with Crippen molar-refractivity contribution < 1.29 is 14.2 Å². The number of aromatic nitrogens is 1. The van der Waals surface area contributed by atoms with Crippen LogP contribution in [0, 0.1) is 0 Å². The molecule has 5 nitrogen and oxygen atoms in total. The van der Waals surface area contributed by atoms with Crippen LogP contribution >= 0.6 is 11.6 Å². The van der Waals surface area contributed by atoms with Gasteiger partial charge in [-0.3, -0.25) is 0 Å². The van der Waals surface area contributed by atoms with E-state index in [9.17, 15) is 0 Å². The van der Waals surface area contributed by atoms with Crippen molar-refractivity contribution in [1.82, 2.24) is 4.98 Å². The Bertz CT molecular complexity index is 671. The highest BCUT2D eigenvalue weighted by atomic mass is 35.5. The molecule has 0 spiro atoms. The van der Waals surface area contributed by atoms with E-state index >= 15 is 0 Å². The molecule has 0 amide bonds. The van der Waals surface area contributed by atoms with E-state index in [4.69, 9.17) is 25.8 Å². The standard InChI is InChI=1S/C14H13ClN2O3/c15-10-5-9-6-12-13(20-8-19-12)7-11(9)16-14(10)17-1-3-18-4-2-17/h5-7H,1-4,8H2. The highest BCUT2D eigenvalue weighted by Gasteiger charge is 2.19. The number of benzene rings is 1. The maximum absolute atomic E-state index is 6.37. The smallest absolute Gasteiger partial charge is 0.231 e. The molecule has 20 heavy (non-hydrogen) atoms. The fraction of sp³-hybridized carbons (Fsp3) is 0.357. The van der Waals surface area contributed by atoms with Crippen LogP contribution in [0.4, 0.5) is 5.82 Å². The summed E-state index contributed by atoms with van der Waals surface area (Å²) in [5, 5.41) is 1.61. The Kier molecular flexibility index (Phi) is 2.82. The fourth-order valence-electron chi connectivity index (χ4n) is 2.52. The molecule has 2 aliphatic rings. The first-order valence-corrected chi connectivity index (χ1v) is 6.92. The number of rotatable bonds is 1. The molecule has 3 heterocycles. The largest absolute Gasteiger partial charge is 0.454 e. The van der Waals surface area contributed by atoms with Gasteiger partial charge in [0.25, 0.3) is 0 Å². The topological polar surface area (TPSA) is 43.8 Å². The Morgan fingerprint density at radius 3 is 2.60 bits per heavy atom. The summed E-state index contributed by atoms with van der Waals surface area (Å²) in [6.45, 7) is 3.29. The summed E-state index contributed by atoms with van der Waals surface area (Å²) < 4.78 is 16.1. The van der Waals surface area contributed by atoms with Crippen LogP contribution in [0.15, 0.2) is 18.2 Å². The minimum atomic E-state index is 0.260. The number of morpholine rings is 1. The molecule has 0 bridgehead atoms. The minimum absolute atomic E-state index is 0.260. The number of nitrogens with zero attached hydrogens (tertiary/aromatic N) is 2. The van der Waals surface area contributed by atoms with Crippen LogP contribution < -0.4 is 14.4 Å². The third kappa shape index (κ3) is 1.94. The molecule has 2 aromatic rings. The first-order valence-electron chi connectivity index (χ1n) is 6.54. The van der Waals surface area contributed by atoms with Crippen LogP contribution in [0.3, 0.4) is 0 Å². The van der Waals surface area contributed by atoms with E-state index in [2.05, 4.69) is 9.88 Å². The summed E-state index contributed by atoms with van der Waals surface area (Å²) in [6.07, 6.45) is 0. The molecule has 0 aliphatic carbocycles. The normalized spacial score (nSPS) is 17.8. The van der Waals surface area contributed by atoms with Gasteiger partial charge in [-0.05, 0) is 12.1 Å². The van der Waals surface area contributed by atoms with Gasteiger partial charge in [0, 0.05) is 24.5 Å². The van der Waals surface area contributed by atoms with Crippen molar-refractivity contribution in [2.45, 2.75) is 0 Å². The van der Waals surface area contributed by atoms with Crippen LogP contribution in [-0.2, 0) is 4.74 Å². The number of hydrogen-bond donors (Lipinski definition) is 0. The lowest BCUT2D eigenvalue weighted by atomic mass is 10.2. The van der Waals surface area contributed by atoms with Crippen molar-refractivity contribution in [3.05, 3.63) is 23.2 Å². The number of anilines is 1. The Labute approximate surface area is 121 Å². The molecule has 0 N–H and O–H groups in total. The zero-order valence-corrected chi connectivity index (χ0v) is 11.5. The second-order valence-electron chi connectivity index (χ2n) is 4.79. The molecule has 2 aliphatic heterocycles. The molecule has 0 atom stereocenters. The van der Waals surface area contributed by atoms with Crippen LogP contribution in [-0.4, -0.2) is 38.1 Å². The van der Waals surface area contributed by atoms with Gasteiger partial charge in [0.05, 0.1) is 23.8 Å². The second-order valence-corrected chi connectivity index (χ2v) is 5.20. The van der Waals surface area contributed by atoms with E-state index in [1.165, 1.54) is 0 Å². The third-order valence-corrected chi connectivity index (χ3v) is 3.83. The summed E-state index contributed by atoms with van der Waals surface area (Å²) in [5.74, 6) is 2.29. The first-order chi connectivity index (χ1) is 9.81. The van der Waals surface area contributed by atoms with Crippen LogP contribution in [0.2, 0.25) is 5.02 Å². The lowest BCUT2D eigenvalue weighted by Gasteiger charge is -2.28. The minimum Gasteiger partial charge on any atom is -0.454 e. The van der Waals surface area contributed by atoms with Crippen molar-refractivity contribution >= 4 is 28.3 Å². The summed E-state index contributed by atoms with van der Waals surface area (Å²) in [7, 11) is 0. The molecule has 1 aromatic carbocycles. The summed E-state index contributed by atoms with van der Waals surface area (Å²) in [6, 6.07) is 5.74. The average Bonchev–Trinajstić information content (AvgIpc) is 2.92. The molecular formula is C14H13ClN2O3. The van der Waals surface area contributed by atoms with Crippen molar-refractivity contribution in [3.63, 3.8) is 0 Å². The van der Waals surface area contributed by atoms with Crippen LogP contribution in [0.25, 0.3) is 10.9 Å². The van der Waals surface area contributed by atoms with E-state index in [1.807, 2.05) is 18.2 Å². The van der Waals surface area contributed by atoms with E-state index in [0.29, 0.717) is 18.2 Å². The van der Waals surface area contributed by atoms with E-state index in [-0.39, 0.29) is 6.79 Å². The quantitative estimate of drug-likeness (QED) is 0.808. The van der Waals surface area contributed by atoms with Gasteiger partial charge >= 0.3 is 0 Å². The predicted molar refractivity (Wildman–Crippen MR) is 75.9 cm³/mol. The monoisotopic (exact) mass is 292 g/mol. The van der Waals surface area contributed by atoms with E-state index in [1.54, 1.807) is 0 Å². The van der Waals surface area contributed by atoms with Gasteiger partial charge in [0.1, 0.15) is 5.82 Å². The van der Waals surface area contributed by atoms with Crippen molar-refractivity contribution in [1.29, 1.82) is 0 Å². The van der Waals surface area contributed by atoms with Crippen molar-refractivity contribution in [2.24, 2.45) is 0 Å². The fourth-order valence-corrected chi connectivity index (χ4v) is 2.80. The highest BCUT2D eigenvalue weighted by molar-refractivity contribution is 6.33. The Morgan fingerprint density at radius 2 is 1.80 bits per heavy atom. The van der Waals surface area contributed by atoms with Gasteiger partial charge in [0.15, 0.2) is 11.5 Å². The average molecular weight is 293 g/mol. The molecule has 6 heteroatoms. The maximum atomic E-state index is 6.37. The van der Waals surface area contributed by atoms with Gasteiger partial charge in [-0.1, -0.05) is 11.6 Å². The Balaban J connectivity index is 1.82. The van der Waals surface area contributed by atoms with Gasteiger partial charge in [-0.2, -0.15) is 0 Å². The van der Waals surface area contributed by atoms with Crippen molar-refractivity contribution in [2.75, 3.05) is 38.0 Å². The van der Waals surface area contributed by atoms with Gasteiger partial charge in [0.2, 0.25) is 6.79 Å². The highest BCUT2D eigenvalue weighted by Crippen LogP contribution is 2.38. The molecule has 1 saturated heterocycles. The summed E-state index contributed by atoms with van der Waals surface area (Å²) in [5.41, 5.74) is 0.861. The Morgan fingerprint density at radius 1 is 1.05 bits per heavy atom. The number of ether oxygens (including phenoxy) is 3. The third-order valence-electron chi connectivity index (χ3n) is 3.55. The molecule has 1 fully saturated rings. The second kappa shape index (κ2) is 4.68. The number of hydrogen-bond acceptors (Lipinski definition) is 5. The van der Waals surface area contributed by atoms with Gasteiger partial charge in [-0.15, -0.1) is 0 Å². The number of pyridine rings is 1. The number of fused-ring (bicyclic) bond motifs is 2. The van der Waals surface area contributed by atoms with E-state index < -0.39 is 0 Å². The van der Waals surface area contributed by atoms with E-state index in [0.717, 1.165) is 41.3 Å². The van der Waals surface area contributed by atoms with Crippen molar-refractivity contribution in [3.8, 4) is 11.5 Å². The first kappa shape index (κ1) is 12.1. The van der Waals surface area contributed by atoms with Crippen LogP contribution in [0.5, 0.6) is 11.5 Å². The molecular weight excluding hydrogens is 280 g/mol. The Hall–Kier alpha value is -1.72. The zero-order valence-electron chi connectivity index (χ0n) is 10.8. The molecule has 0 unspecified atom stereocenters. The molecule has 0 saturated carbocycles. The van der Waals surface area contributed by atoms with Gasteiger partial charge < -0.3 is 19.1 Å². The molecule has 1 aromatic heterocycles. The zero-order chi connectivity index (χ0) is 13.5. The summed E-state index contributed by atoms with van der Waals surface area (Å²) >= 11 is 6.37. The number of halogens is 1. The molecule has 0 radical (unpaired) electrons.